The Bertz CT molecular complexity index is 1130. The molecular formula is C23H21ClN4O. The third-order valence-electron chi connectivity index (χ3n) is 6.13. The van der Waals surface area contributed by atoms with E-state index in [1.54, 1.807) is 24.0 Å². The topological polar surface area (TPSA) is 62.0 Å². The molecule has 1 saturated heterocycles. The summed E-state index contributed by atoms with van der Waals surface area (Å²) in [5.41, 5.74) is 2.35. The minimum absolute atomic E-state index is 0.0168. The number of carbonyl (C=O) groups excluding carboxylic acids is 1. The quantitative estimate of drug-likeness (QED) is 0.678. The molecule has 0 bridgehead atoms. The van der Waals surface area contributed by atoms with Gasteiger partial charge in [-0.25, -0.2) is 0 Å². The van der Waals surface area contributed by atoms with E-state index < -0.39 is 5.41 Å². The van der Waals surface area contributed by atoms with Crippen molar-refractivity contribution in [3.8, 4) is 11.1 Å². The van der Waals surface area contributed by atoms with Gasteiger partial charge in [-0.1, -0.05) is 48.0 Å². The van der Waals surface area contributed by atoms with Gasteiger partial charge in [0.25, 0.3) is 0 Å². The van der Waals surface area contributed by atoms with Crippen LogP contribution in [0.3, 0.4) is 0 Å². The van der Waals surface area contributed by atoms with E-state index in [0.29, 0.717) is 23.1 Å². The lowest BCUT2D eigenvalue weighted by atomic mass is 9.74. The van der Waals surface area contributed by atoms with Crippen molar-refractivity contribution in [1.29, 1.82) is 5.41 Å². The largest absolute Gasteiger partial charge is 0.288 e. The van der Waals surface area contributed by atoms with Crippen molar-refractivity contribution in [3.63, 3.8) is 0 Å². The van der Waals surface area contributed by atoms with Crippen LogP contribution in [0.15, 0.2) is 60.8 Å². The van der Waals surface area contributed by atoms with Gasteiger partial charge in [-0.05, 0) is 47.6 Å². The number of amidine groups is 1. The molecule has 146 valence electrons. The summed E-state index contributed by atoms with van der Waals surface area (Å²) in [6.45, 7) is 0. The van der Waals surface area contributed by atoms with Gasteiger partial charge < -0.3 is 0 Å². The summed E-state index contributed by atoms with van der Waals surface area (Å²) in [6, 6.07) is 17.7. The van der Waals surface area contributed by atoms with Crippen LogP contribution in [0.25, 0.3) is 11.1 Å². The number of aromatic nitrogens is 2. The molecule has 6 heteroatoms. The molecule has 1 N–H and O–H groups in total. The zero-order chi connectivity index (χ0) is 20.2. The minimum atomic E-state index is -0.685. The Morgan fingerprint density at radius 2 is 1.83 bits per heavy atom. The minimum Gasteiger partial charge on any atom is -0.288 e. The number of benzene rings is 2. The summed E-state index contributed by atoms with van der Waals surface area (Å²) >= 11 is 6.19. The van der Waals surface area contributed by atoms with Gasteiger partial charge in [0.2, 0.25) is 5.91 Å². The smallest absolute Gasteiger partial charge is 0.245 e. The summed E-state index contributed by atoms with van der Waals surface area (Å²) < 4.78 is 1.65. The fourth-order valence-corrected chi connectivity index (χ4v) is 4.76. The Hall–Kier alpha value is -2.92. The van der Waals surface area contributed by atoms with E-state index in [-0.39, 0.29) is 11.8 Å². The zero-order valence-electron chi connectivity index (χ0n) is 16.1. The molecule has 2 fully saturated rings. The number of aryl methyl sites for hydroxylation is 1. The molecule has 1 amide bonds. The zero-order valence-corrected chi connectivity index (χ0v) is 16.9. The van der Waals surface area contributed by atoms with Crippen molar-refractivity contribution in [1.82, 2.24) is 9.78 Å². The second-order valence-electron chi connectivity index (χ2n) is 7.91. The van der Waals surface area contributed by atoms with Crippen LogP contribution in [-0.4, -0.2) is 21.5 Å². The van der Waals surface area contributed by atoms with Crippen LogP contribution >= 0.6 is 11.6 Å². The van der Waals surface area contributed by atoms with Gasteiger partial charge in [-0.2, -0.15) is 5.10 Å². The number of rotatable bonds is 4. The van der Waals surface area contributed by atoms with Gasteiger partial charge in [-0.15, -0.1) is 0 Å². The molecule has 1 atom stereocenters. The third kappa shape index (κ3) is 2.80. The SMILES string of the molecule is Cn1nccc1N1C(=N)CC(c2cccc(-c3cccc(Cl)c3)c2)(C2CC2)C1=O. The molecule has 2 heterocycles. The Labute approximate surface area is 174 Å². The lowest BCUT2D eigenvalue weighted by molar-refractivity contribution is -0.122. The highest BCUT2D eigenvalue weighted by Crippen LogP contribution is 2.54. The lowest BCUT2D eigenvalue weighted by Crippen LogP contribution is -2.41. The van der Waals surface area contributed by atoms with E-state index in [2.05, 4.69) is 11.2 Å². The van der Waals surface area contributed by atoms with Crippen molar-refractivity contribution in [2.75, 3.05) is 4.90 Å². The number of hydrogen-bond donors (Lipinski definition) is 1. The molecule has 2 aliphatic rings. The average Bonchev–Trinajstić information content (AvgIpc) is 3.43. The Morgan fingerprint density at radius 1 is 1.10 bits per heavy atom. The Balaban J connectivity index is 1.62. The first-order valence-corrected chi connectivity index (χ1v) is 10.1. The fourth-order valence-electron chi connectivity index (χ4n) is 4.57. The molecule has 5 nitrogen and oxygen atoms in total. The van der Waals surface area contributed by atoms with Gasteiger partial charge in [-0.3, -0.25) is 19.8 Å². The molecule has 2 aromatic carbocycles. The monoisotopic (exact) mass is 404 g/mol. The summed E-state index contributed by atoms with van der Waals surface area (Å²) in [7, 11) is 1.80. The van der Waals surface area contributed by atoms with E-state index in [9.17, 15) is 4.79 Å². The molecular weight excluding hydrogens is 384 g/mol. The number of hydrogen-bond acceptors (Lipinski definition) is 3. The van der Waals surface area contributed by atoms with Crippen molar-refractivity contribution < 1.29 is 4.79 Å². The number of halogens is 1. The maximum Gasteiger partial charge on any atom is 0.245 e. The van der Waals surface area contributed by atoms with Gasteiger partial charge in [0, 0.05) is 24.6 Å². The van der Waals surface area contributed by atoms with E-state index >= 15 is 0 Å². The van der Waals surface area contributed by atoms with Crippen LogP contribution in [-0.2, 0) is 17.3 Å². The number of nitrogens with one attached hydrogen (secondary N) is 1. The first-order chi connectivity index (χ1) is 14.0. The molecule has 5 rings (SSSR count). The molecule has 1 saturated carbocycles. The number of carbonyl (C=O) groups is 1. The summed E-state index contributed by atoms with van der Waals surface area (Å²) in [6.07, 6.45) is 4.10. The average molecular weight is 405 g/mol. The fraction of sp³-hybridized carbons (Fsp3) is 0.261. The first kappa shape index (κ1) is 18.1. The number of amides is 1. The van der Waals surface area contributed by atoms with E-state index in [1.165, 1.54) is 4.90 Å². The summed E-state index contributed by atoms with van der Waals surface area (Å²) in [5.74, 6) is 1.23. The molecule has 1 aromatic heterocycles. The number of anilines is 1. The lowest BCUT2D eigenvalue weighted by Gasteiger charge is -2.28. The van der Waals surface area contributed by atoms with Crippen LogP contribution in [0.5, 0.6) is 0 Å². The Morgan fingerprint density at radius 3 is 2.48 bits per heavy atom. The van der Waals surface area contributed by atoms with Gasteiger partial charge in [0.05, 0.1) is 11.6 Å². The molecule has 1 aliphatic heterocycles. The van der Waals surface area contributed by atoms with Gasteiger partial charge >= 0.3 is 0 Å². The molecule has 0 spiro atoms. The highest BCUT2D eigenvalue weighted by Gasteiger charge is 2.59. The molecule has 1 unspecified atom stereocenters. The van der Waals surface area contributed by atoms with Crippen LogP contribution in [0.2, 0.25) is 5.02 Å². The highest BCUT2D eigenvalue weighted by atomic mass is 35.5. The molecule has 1 aliphatic carbocycles. The Kier molecular flexibility index (Phi) is 4.10. The van der Waals surface area contributed by atoms with Crippen LogP contribution in [0.4, 0.5) is 5.82 Å². The predicted octanol–water partition coefficient (Wildman–Crippen LogP) is 4.80. The predicted molar refractivity (Wildman–Crippen MR) is 114 cm³/mol. The molecule has 0 radical (unpaired) electrons. The van der Waals surface area contributed by atoms with E-state index in [0.717, 1.165) is 29.5 Å². The first-order valence-electron chi connectivity index (χ1n) is 9.77. The maximum absolute atomic E-state index is 13.8. The third-order valence-corrected chi connectivity index (χ3v) is 6.37. The van der Waals surface area contributed by atoms with Crippen molar-refractivity contribution >= 4 is 29.2 Å². The summed E-state index contributed by atoms with van der Waals surface area (Å²) in [4.78, 5) is 15.3. The van der Waals surface area contributed by atoms with Gasteiger partial charge in [0.15, 0.2) is 0 Å². The van der Waals surface area contributed by atoms with E-state index in [4.69, 9.17) is 17.0 Å². The highest BCUT2D eigenvalue weighted by molar-refractivity contribution is 6.30. The second kappa shape index (κ2) is 6.56. The molecule has 3 aromatic rings. The van der Waals surface area contributed by atoms with E-state index in [1.807, 2.05) is 42.5 Å². The van der Waals surface area contributed by atoms with Crippen LogP contribution in [0.1, 0.15) is 24.8 Å². The number of nitrogens with zero attached hydrogens (tertiary/aromatic N) is 3. The standard InChI is InChI=1S/C23H21ClN4O/c1-27-21(10-11-26-27)28-20(25)14-23(22(28)29,17-8-9-17)18-6-2-4-15(12-18)16-5-3-7-19(24)13-16/h2-7,10-13,17,25H,8-9,14H2,1H3. The normalized spacial score (nSPS) is 21.8. The van der Waals surface area contributed by atoms with Crippen molar-refractivity contribution in [2.24, 2.45) is 13.0 Å². The van der Waals surface area contributed by atoms with Crippen molar-refractivity contribution in [2.45, 2.75) is 24.7 Å². The summed E-state index contributed by atoms with van der Waals surface area (Å²) in [5, 5.41) is 13.5. The van der Waals surface area contributed by atoms with Crippen LogP contribution < -0.4 is 4.90 Å². The van der Waals surface area contributed by atoms with Crippen molar-refractivity contribution in [3.05, 3.63) is 71.4 Å². The van der Waals surface area contributed by atoms with Gasteiger partial charge in [0.1, 0.15) is 11.7 Å². The molecule has 29 heavy (non-hydrogen) atoms. The maximum atomic E-state index is 13.8. The van der Waals surface area contributed by atoms with Crippen LogP contribution in [0, 0.1) is 11.3 Å². The second-order valence-corrected chi connectivity index (χ2v) is 8.35.